The van der Waals surface area contributed by atoms with Crippen LogP contribution in [0.25, 0.3) is 0 Å². The minimum atomic E-state index is -4.45. The van der Waals surface area contributed by atoms with Crippen LogP contribution in [0.4, 0.5) is 14.5 Å². The fourth-order valence-electron chi connectivity index (χ4n) is 4.27. The van der Waals surface area contributed by atoms with Crippen LogP contribution in [-0.4, -0.2) is 58.1 Å². The van der Waals surface area contributed by atoms with Crippen molar-refractivity contribution in [1.29, 1.82) is 5.26 Å². The molecule has 2 aromatic rings. The van der Waals surface area contributed by atoms with Gasteiger partial charge in [-0.15, -0.1) is 0 Å². The van der Waals surface area contributed by atoms with Gasteiger partial charge in [-0.2, -0.15) is 5.26 Å². The van der Waals surface area contributed by atoms with Gasteiger partial charge in [0.05, 0.1) is 16.1 Å². The van der Waals surface area contributed by atoms with E-state index in [-0.39, 0.29) is 23.1 Å². The van der Waals surface area contributed by atoms with E-state index in [9.17, 15) is 22.9 Å². The number of nitrogens with zero attached hydrogens (tertiary/aromatic N) is 2. The standard InChI is InChI=1S/C27H34F2N4O4S/c1-27(13-4-5-15-37-27)26(34)32-38(35,36)23-16-20(18-30)25(24(29)17-23)31-22(12-14-33(2)3)11-8-19-6-9-21(28)10-7-19/h6-7,9-10,16-17,22,31H,4-5,8,11-15H2,1-3H3,(H,32,34)/t22-,27+/m0/s1. The Labute approximate surface area is 223 Å². The molecule has 1 heterocycles. The highest BCUT2D eigenvalue weighted by molar-refractivity contribution is 7.90. The Kier molecular flexibility index (Phi) is 9.82. The van der Waals surface area contributed by atoms with Crippen molar-refractivity contribution < 1.29 is 26.7 Å². The molecule has 2 atom stereocenters. The van der Waals surface area contributed by atoms with Gasteiger partial charge in [0, 0.05) is 12.6 Å². The third kappa shape index (κ3) is 7.72. The number of halogens is 2. The second-order valence-electron chi connectivity index (χ2n) is 10.0. The molecule has 0 unspecified atom stereocenters. The van der Waals surface area contributed by atoms with E-state index in [2.05, 4.69) is 5.32 Å². The van der Waals surface area contributed by atoms with Gasteiger partial charge in [0.15, 0.2) is 0 Å². The number of rotatable bonds is 11. The first-order valence-electron chi connectivity index (χ1n) is 12.5. The highest BCUT2D eigenvalue weighted by Gasteiger charge is 2.38. The van der Waals surface area contributed by atoms with E-state index in [0.717, 1.165) is 24.1 Å². The maximum absolute atomic E-state index is 15.3. The molecule has 0 spiro atoms. The molecule has 206 valence electrons. The molecule has 2 N–H and O–H groups in total. The minimum Gasteiger partial charge on any atom is -0.379 e. The summed E-state index contributed by atoms with van der Waals surface area (Å²) in [4.78, 5) is 14.1. The highest BCUT2D eigenvalue weighted by Crippen LogP contribution is 2.28. The maximum Gasteiger partial charge on any atom is 0.265 e. The Morgan fingerprint density at radius 2 is 1.89 bits per heavy atom. The molecule has 1 aliphatic heterocycles. The van der Waals surface area contributed by atoms with Gasteiger partial charge in [0.25, 0.3) is 15.9 Å². The summed E-state index contributed by atoms with van der Waals surface area (Å²) in [6.07, 6.45) is 3.63. The van der Waals surface area contributed by atoms with Gasteiger partial charge >= 0.3 is 0 Å². The molecule has 11 heteroatoms. The number of hydrogen-bond acceptors (Lipinski definition) is 7. The first kappa shape index (κ1) is 29.5. The third-order valence-corrected chi connectivity index (χ3v) is 7.95. The maximum atomic E-state index is 15.3. The van der Waals surface area contributed by atoms with Gasteiger partial charge in [-0.1, -0.05) is 12.1 Å². The Hall–Kier alpha value is -3.07. The topological polar surface area (TPSA) is 112 Å². The largest absolute Gasteiger partial charge is 0.379 e. The van der Waals surface area contributed by atoms with Crippen LogP contribution in [0, 0.1) is 23.0 Å². The molecule has 1 saturated heterocycles. The van der Waals surface area contributed by atoms with Crippen molar-refractivity contribution >= 4 is 21.6 Å². The SMILES string of the molecule is CN(C)CC[C@H](CCc1ccc(F)cc1)Nc1c(F)cc(S(=O)(=O)NC(=O)[C@@]2(C)CCCCO2)cc1C#N. The first-order valence-corrected chi connectivity index (χ1v) is 14.0. The molecule has 1 fully saturated rings. The summed E-state index contributed by atoms with van der Waals surface area (Å²) in [5.41, 5.74) is -0.692. The lowest BCUT2D eigenvalue weighted by molar-refractivity contribution is -0.148. The molecule has 1 aliphatic rings. The van der Waals surface area contributed by atoms with E-state index < -0.39 is 32.2 Å². The molecule has 0 saturated carbocycles. The van der Waals surface area contributed by atoms with Gasteiger partial charge in [0.2, 0.25) is 0 Å². The average molecular weight is 549 g/mol. The Morgan fingerprint density at radius 1 is 1.18 bits per heavy atom. The number of nitrogens with one attached hydrogen (secondary N) is 2. The summed E-state index contributed by atoms with van der Waals surface area (Å²) >= 11 is 0. The number of amides is 1. The lowest BCUT2D eigenvalue weighted by Gasteiger charge is -2.32. The van der Waals surface area contributed by atoms with Crippen molar-refractivity contribution in [2.75, 3.05) is 32.6 Å². The summed E-state index contributed by atoms with van der Waals surface area (Å²) in [7, 11) is -0.639. The zero-order valence-corrected chi connectivity index (χ0v) is 22.7. The van der Waals surface area contributed by atoms with Crippen LogP contribution < -0.4 is 10.0 Å². The number of carbonyl (C=O) groups is 1. The van der Waals surface area contributed by atoms with Gasteiger partial charge in [-0.05, 0) is 95.9 Å². The van der Waals surface area contributed by atoms with Crippen molar-refractivity contribution in [2.45, 2.75) is 62.0 Å². The average Bonchev–Trinajstić information content (AvgIpc) is 2.87. The van der Waals surface area contributed by atoms with Crippen molar-refractivity contribution in [3.05, 3.63) is 59.2 Å². The van der Waals surface area contributed by atoms with E-state index in [4.69, 9.17) is 4.74 Å². The molecule has 38 heavy (non-hydrogen) atoms. The predicted molar refractivity (Wildman–Crippen MR) is 140 cm³/mol. The molecular weight excluding hydrogens is 514 g/mol. The van der Waals surface area contributed by atoms with Crippen molar-refractivity contribution in [2.24, 2.45) is 0 Å². The number of sulfonamides is 1. The molecule has 2 aromatic carbocycles. The second kappa shape index (κ2) is 12.7. The molecular formula is C27H34F2N4O4S. The normalized spacial score (nSPS) is 18.6. The second-order valence-corrected chi connectivity index (χ2v) is 11.7. The monoisotopic (exact) mass is 548 g/mol. The summed E-state index contributed by atoms with van der Waals surface area (Å²) in [6, 6.07) is 9.59. The molecule has 3 rings (SSSR count). The Bertz CT molecular complexity index is 1270. The van der Waals surface area contributed by atoms with E-state index in [1.165, 1.54) is 19.1 Å². The van der Waals surface area contributed by atoms with Crippen LogP contribution in [0.5, 0.6) is 0 Å². The minimum absolute atomic E-state index is 0.108. The number of hydrogen-bond donors (Lipinski definition) is 2. The first-order chi connectivity index (χ1) is 17.9. The van der Waals surface area contributed by atoms with Crippen LogP contribution in [-0.2, 0) is 26.0 Å². The predicted octanol–water partition coefficient (Wildman–Crippen LogP) is 3.97. The van der Waals surface area contributed by atoms with E-state index in [1.54, 1.807) is 12.1 Å². The number of carbonyl (C=O) groups excluding carboxylic acids is 1. The van der Waals surface area contributed by atoms with E-state index >= 15 is 4.39 Å². The van der Waals surface area contributed by atoms with Gasteiger partial charge < -0.3 is 15.0 Å². The Balaban J connectivity index is 1.81. The smallest absolute Gasteiger partial charge is 0.265 e. The van der Waals surface area contributed by atoms with Crippen LogP contribution in [0.15, 0.2) is 41.3 Å². The fourth-order valence-corrected chi connectivity index (χ4v) is 5.38. The molecule has 0 aliphatic carbocycles. The number of ether oxygens (including phenoxy) is 1. The number of anilines is 1. The van der Waals surface area contributed by atoms with E-state index in [1.807, 2.05) is 29.8 Å². The zero-order chi connectivity index (χ0) is 27.9. The quantitative estimate of drug-likeness (QED) is 0.437. The van der Waals surface area contributed by atoms with Crippen LogP contribution in [0.3, 0.4) is 0 Å². The number of benzene rings is 2. The summed E-state index contributed by atoms with van der Waals surface area (Å²) < 4.78 is 61.9. The van der Waals surface area contributed by atoms with Crippen molar-refractivity contribution in [1.82, 2.24) is 9.62 Å². The van der Waals surface area contributed by atoms with Crippen LogP contribution in [0.1, 0.15) is 50.2 Å². The highest BCUT2D eigenvalue weighted by atomic mass is 32.2. The summed E-state index contributed by atoms with van der Waals surface area (Å²) in [5, 5.41) is 12.8. The molecule has 0 bridgehead atoms. The molecule has 0 aromatic heterocycles. The van der Waals surface area contributed by atoms with Crippen LogP contribution in [0.2, 0.25) is 0 Å². The molecule has 1 amide bonds. The van der Waals surface area contributed by atoms with Crippen molar-refractivity contribution in [3.63, 3.8) is 0 Å². The fraction of sp³-hybridized carbons (Fsp3) is 0.481. The lowest BCUT2D eigenvalue weighted by atomic mass is 9.95. The van der Waals surface area contributed by atoms with Crippen LogP contribution >= 0.6 is 0 Å². The zero-order valence-electron chi connectivity index (χ0n) is 21.9. The summed E-state index contributed by atoms with van der Waals surface area (Å²) in [6.45, 7) is 2.54. The molecule has 8 nitrogen and oxygen atoms in total. The van der Waals surface area contributed by atoms with Crippen molar-refractivity contribution in [3.8, 4) is 6.07 Å². The number of aryl methyl sites for hydroxylation is 1. The van der Waals surface area contributed by atoms with E-state index in [0.29, 0.717) is 45.3 Å². The lowest BCUT2D eigenvalue weighted by Crippen LogP contribution is -2.50. The summed E-state index contributed by atoms with van der Waals surface area (Å²) in [5.74, 6) is -2.08. The Morgan fingerprint density at radius 3 is 2.50 bits per heavy atom. The van der Waals surface area contributed by atoms with Gasteiger partial charge in [-0.25, -0.2) is 21.9 Å². The van der Waals surface area contributed by atoms with Gasteiger partial charge in [-0.3, -0.25) is 4.79 Å². The number of nitriles is 1. The molecule has 0 radical (unpaired) electrons. The van der Waals surface area contributed by atoms with Gasteiger partial charge in [0.1, 0.15) is 23.3 Å². The third-order valence-electron chi connectivity index (χ3n) is 6.64.